The Morgan fingerprint density at radius 3 is 2.83 bits per heavy atom. The minimum atomic E-state index is 0.153. The molecule has 0 aromatic carbocycles. The van der Waals surface area contributed by atoms with Crippen LogP contribution < -0.4 is 11.1 Å². The van der Waals surface area contributed by atoms with E-state index in [9.17, 15) is 4.79 Å². The van der Waals surface area contributed by atoms with Crippen LogP contribution in [0.1, 0.15) is 18.4 Å². The number of carbonyl (C=O) groups is 1. The van der Waals surface area contributed by atoms with E-state index in [-0.39, 0.29) is 11.8 Å². The van der Waals surface area contributed by atoms with Crippen molar-refractivity contribution in [2.24, 2.45) is 11.7 Å². The van der Waals surface area contributed by atoms with Crippen molar-refractivity contribution in [3.05, 3.63) is 17.0 Å². The first-order valence-electron chi connectivity index (χ1n) is 6.48. The number of nitrogens with one attached hydrogen (secondary N) is 1. The van der Waals surface area contributed by atoms with E-state index in [4.69, 9.17) is 5.73 Å². The third-order valence-corrected chi connectivity index (χ3v) is 4.43. The molecule has 0 atom stereocenters. The summed E-state index contributed by atoms with van der Waals surface area (Å²) in [5.41, 5.74) is 6.69. The van der Waals surface area contributed by atoms with Gasteiger partial charge in [0.25, 0.3) is 0 Å². The van der Waals surface area contributed by atoms with Gasteiger partial charge in [0.2, 0.25) is 5.91 Å². The monoisotopic (exact) mass is 267 g/mol. The van der Waals surface area contributed by atoms with E-state index in [2.05, 4.69) is 10.2 Å². The molecule has 0 radical (unpaired) electrons. The predicted octanol–water partition coefficient (Wildman–Crippen LogP) is 1.67. The van der Waals surface area contributed by atoms with Crippen molar-refractivity contribution in [2.45, 2.75) is 19.8 Å². The highest BCUT2D eigenvalue weighted by atomic mass is 32.1. The summed E-state index contributed by atoms with van der Waals surface area (Å²) in [5, 5.41) is 6.04. The van der Waals surface area contributed by atoms with Gasteiger partial charge < -0.3 is 16.0 Å². The number of amides is 1. The molecule has 1 saturated heterocycles. The Morgan fingerprint density at radius 2 is 2.28 bits per heavy atom. The van der Waals surface area contributed by atoms with Crippen molar-refractivity contribution in [1.82, 2.24) is 4.90 Å². The summed E-state index contributed by atoms with van der Waals surface area (Å²) in [6.45, 7) is 5.64. The molecular weight excluding hydrogens is 246 g/mol. The van der Waals surface area contributed by atoms with Gasteiger partial charge in [-0.2, -0.15) is 0 Å². The number of likely N-dealkylation sites (tertiary alicyclic amines) is 1. The van der Waals surface area contributed by atoms with Crippen molar-refractivity contribution < 1.29 is 4.79 Å². The average Bonchev–Trinajstić information content (AvgIpc) is 2.76. The van der Waals surface area contributed by atoms with Crippen LogP contribution in [0.15, 0.2) is 11.4 Å². The van der Waals surface area contributed by atoms with Crippen LogP contribution in [0.25, 0.3) is 0 Å². The van der Waals surface area contributed by atoms with E-state index in [1.54, 1.807) is 11.3 Å². The molecular formula is C13H21N3OS. The van der Waals surface area contributed by atoms with Gasteiger partial charge >= 0.3 is 0 Å². The van der Waals surface area contributed by atoms with E-state index < -0.39 is 0 Å². The molecule has 0 unspecified atom stereocenters. The van der Waals surface area contributed by atoms with Crippen LogP contribution in [0.3, 0.4) is 0 Å². The summed E-state index contributed by atoms with van der Waals surface area (Å²) in [7, 11) is 0. The predicted molar refractivity (Wildman–Crippen MR) is 75.9 cm³/mol. The van der Waals surface area contributed by atoms with Crippen molar-refractivity contribution in [1.29, 1.82) is 0 Å². The number of aryl methyl sites for hydroxylation is 1. The Labute approximate surface area is 112 Å². The van der Waals surface area contributed by atoms with Crippen LogP contribution in [0.5, 0.6) is 0 Å². The molecule has 2 heterocycles. The van der Waals surface area contributed by atoms with Gasteiger partial charge in [-0.25, -0.2) is 0 Å². The SMILES string of the molecule is Cc1ccsc1NC(=O)C1CCN(CCN)CC1. The minimum absolute atomic E-state index is 0.153. The zero-order valence-electron chi connectivity index (χ0n) is 10.8. The summed E-state index contributed by atoms with van der Waals surface area (Å²) >= 11 is 1.59. The summed E-state index contributed by atoms with van der Waals surface area (Å²) in [5.74, 6) is 0.327. The fourth-order valence-electron chi connectivity index (χ4n) is 2.32. The molecule has 1 fully saturated rings. The van der Waals surface area contributed by atoms with Crippen molar-refractivity contribution in [2.75, 3.05) is 31.5 Å². The number of rotatable bonds is 4. The lowest BCUT2D eigenvalue weighted by molar-refractivity contribution is -0.121. The lowest BCUT2D eigenvalue weighted by atomic mass is 9.96. The van der Waals surface area contributed by atoms with Crippen molar-refractivity contribution in [3.8, 4) is 0 Å². The Bertz CT molecular complexity index is 397. The number of nitrogens with two attached hydrogens (primary N) is 1. The zero-order chi connectivity index (χ0) is 13.0. The first-order chi connectivity index (χ1) is 8.70. The van der Waals surface area contributed by atoms with Crippen LogP contribution >= 0.6 is 11.3 Å². The maximum Gasteiger partial charge on any atom is 0.228 e. The second kappa shape index (κ2) is 6.31. The fraction of sp³-hybridized carbons (Fsp3) is 0.615. The molecule has 4 nitrogen and oxygen atoms in total. The molecule has 18 heavy (non-hydrogen) atoms. The Morgan fingerprint density at radius 1 is 1.56 bits per heavy atom. The van der Waals surface area contributed by atoms with E-state index in [1.807, 2.05) is 18.4 Å². The molecule has 0 saturated carbocycles. The van der Waals surface area contributed by atoms with Crippen LogP contribution in [-0.2, 0) is 4.79 Å². The molecule has 100 valence electrons. The second-order valence-corrected chi connectivity index (χ2v) is 5.74. The maximum absolute atomic E-state index is 12.1. The normalized spacial score (nSPS) is 17.9. The van der Waals surface area contributed by atoms with E-state index in [1.165, 1.54) is 0 Å². The van der Waals surface area contributed by atoms with Crippen molar-refractivity contribution in [3.63, 3.8) is 0 Å². The zero-order valence-corrected chi connectivity index (χ0v) is 11.6. The Hall–Kier alpha value is -0.910. The van der Waals surface area contributed by atoms with Gasteiger partial charge in [0.1, 0.15) is 0 Å². The lowest BCUT2D eigenvalue weighted by Gasteiger charge is -2.30. The topological polar surface area (TPSA) is 58.4 Å². The summed E-state index contributed by atoms with van der Waals surface area (Å²) in [6.07, 6.45) is 1.88. The third kappa shape index (κ3) is 3.31. The van der Waals surface area contributed by atoms with E-state index >= 15 is 0 Å². The first-order valence-corrected chi connectivity index (χ1v) is 7.36. The average molecular weight is 267 g/mol. The van der Waals surface area contributed by atoms with Gasteiger partial charge in [0, 0.05) is 19.0 Å². The van der Waals surface area contributed by atoms with Gasteiger partial charge in [-0.3, -0.25) is 4.79 Å². The number of piperidine rings is 1. The number of hydrogen-bond acceptors (Lipinski definition) is 4. The quantitative estimate of drug-likeness (QED) is 0.872. The highest BCUT2D eigenvalue weighted by Crippen LogP contribution is 2.24. The molecule has 1 aromatic heterocycles. The molecule has 0 spiro atoms. The second-order valence-electron chi connectivity index (χ2n) is 4.83. The van der Waals surface area contributed by atoms with Crippen molar-refractivity contribution >= 4 is 22.2 Å². The van der Waals surface area contributed by atoms with Gasteiger partial charge in [-0.15, -0.1) is 11.3 Å². The number of hydrogen-bond donors (Lipinski definition) is 2. The van der Waals surface area contributed by atoms with Crippen LogP contribution in [0.4, 0.5) is 5.00 Å². The van der Waals surface area contributed by atoms with Crippen LogP contribution in [0.2, 0.25) is 0 Å². The maximum atomic E-state index is 12.1. The Balaban J connectivity index is 1.83. The minimum Gasteiger partial charge on any atom is -0.329 e. The lowest BCUT2D eigenvalue weighted by Crippen LogP contribution is -2.40. The van der Waals surface area contributed by atoms with Gasteiger partial charge in [0.05, 0.1) is 5.00 Å². The smallest absolute Gasteiger partial charge is 0.228 e. The standard InChI is InChI=1S/C13H21N3OS/c1-10-4-9-18-13(10)15-12(17)11-2-6-16(7-3-11)8-5-14/h4,9,11H,2-3,5-8,14H2,1H3,(H,15,17). The van der Waals surface area contributed by atoms with Crippen LogP contribution in [-0.4, -0.2) is 37.0 Å². The summed E-state index contributed by atoms with van der Waals surface area (Å²) in [6, 6.07) is 2.03. The molecule has 1 aliphatic heterocycles. The van der Waals surface area contributed by atoms with E-state index in [0.29, 0.717) is 6.54 Å². The first kappa shape index (κ1) is 13.5. The number of nitrogens with zero attached hydrogens (tertiary/aromatic N) is 1. The fourth-order valence-corrected chi connectivity index (χ4v) is 3.14. The Kier molecular flexibility index (Phi) is 4.74. The summed E-state index contributed by atoms with van der Waals surface area (Å²) in [4.78, 5) is 14.5. The molecule has 1 amide bonds. The largest absolute Gasteiger partial charge is 0.329 e. The number of thiophene rings is 1. The van der Waals surface area contributed by atoms with E-state index in [0.717, 1.165) is 43.0 Å². The molecule has 1 aliphatic rings. The summed E-state index contributed by atoms with van der Waals surface area (Å²) < 4.78 is 0. The molecule has 2 rings (SSSR count). The number of anilines is 1. The highest BCUT2D eigenvalue weighted by molar-refractivity contribution is 7.14. The highest BCUT2D eigenvalue weighted by Gasteiger charge is 2.24. The van der Waals surface area contributed by atoms with Gasteiger partial charge in [0.15, 0.2) is 0 Å². The molecule has 1 aromatic rings. The van der Waals surface area contributed by atoms with Gasteiger partial charge in [-0.05, 0) is 49.9 Å². The molecule has 0 aliphatic carbocycles. The molecule has 3 N–H and O–H groups in total. The van der Waals surface area contributed by atoms with Crippen LogP contribution in [0, 0.1) is 12.8 Å². The van der Waals surface area contributed by atoms with Gasteiger partial charge in [-0.1, -0.05) is 0 Å². The third-order valence-electron chi connectivity index (χ3n) is 3.50. The number of carbonyl (C=O) groups excluding carboxylic acids is 1. The molecule has 5 heteroatoms. The molecule has 0 bridgehead atoms.